The number of fused-ring (bicyclic) bond motifs is 1. The van der Waals surface area contributed by atoms with Crippen LogP contribution < -0.4 is 5.32 Å². The van der Waals surface area contributed by atoms with Gasteiger partial charge in [-0.3, -0.25) is 0 Å². The molecule has 0 fully saturated rings. The van der Waals surface area contributed by atoms with Crippen LogP contribution in [0.2, 0.25) is 0 Å². The average molecular weight is 253 g/mol. The second-order valence-corrected chi connectivity index (χ2v) is 4.29. The molecule has 19 heavy (non-hydrogen) atoms. The lowest BCUT2D eigenvalue weighted by molar-refractivity contribution is 0.629. The second kappa shape index (κ2) is 5.16. The molecule has 0 aliphatic carbocycles. The summed E-state index contributed by atoms with van der Waals surface area (Å²) in [5.41, 5.74) is 3.28. The zero-order valence-electron chi connectivity index (χ0n) is 10.7. The fourth-order valence-corrected chi connectivity index (χ4v) is 2.25. The van der Waals surface area contributed by atoms with Gasteiger partial charge < -0.3 is 5.32 Å². The molecule has 0 saturated heterocycles. The molecule has 1 atom stereocenters. The summed E-state index contributed by atoms with van der Waals surface area (Å²) in [6, 6.07) is 6.12. The Balaban J connectivity index is 2.10. The first-order chi connectivity index (χ1) is 9.40. The van der Waals surface area contributed by atoms with Crippen molar-refractivity contribution >= 4 is 5.52 Å². The zero-order valence-corrected chi connectivity index (χ0v) is 10.7. The molecule has 3 aromatic heterocycles. The number of rotatable bonds is 4. The van der Waals surface area contributed by atoms with Crippen molar-refractivity contribution in [3.05, 3.63) is 60.4 Å². The molecule has 1 unspecified atom stereocenters. The highest BCUT2D eigenvalue weighted by Crippen LogP contribution is 2.24. The van der Waals surface area contributed by atoms with Gasteiger partial charge in [-0.1, -0.05) is 13.0 Å². The van der Waals surface area contributed by atoms with Crippen LogP contribution in [-0.4, -0.2) is 26.1 Å². The van der Waals surface area contributed by atoms with Gasteiger partial charge >= 0.3 is 0 Å². The molecule has 0 saturated carbocycles. The lowest BCUT2D eigenvalue weighted by atomic mass is 10.0. The van der Waals surface area contributed by atoms with Crippen LogP contribution in [0.1, 0.15) is 24.1 Å². The molecular weight excluding hydrogens is 238 g/mol. The molecule has 0 aromatic carbocycles. The third kappa shape index (κ3) is 2.20. The van der Waals surface area contributed by atoms with E-state index in [0.717, 1.165) is 23.2 Å². The maximum atomic E-state index is 4.38. The Labute approximate surface area is 111 Å². The van der Waals surface area contributed by atoms with Crippen molar-refractivity contribution in [3.8, 4) is 0 Å². The SMILES string of the molecule is CCNC(c1cncnc1)c1cnn2ccccc12. The molecular formula is C14H15N5. The third-order valence-corrected chi connectivity index (χ3v) is 3.09. The van der Waals surface area contributed by atoms with Crippen molar-refractivity contribution in [1.29, 1.82) is 0 Å². The topological polar surface area (TPSA) is 55.1 Å². The van der Waals surface area contributed by atoms with Crippen LogP contribution in [0.5, 0.6) is 0 Å². The predicted octanol–water partition coefficient (Wildman–Crippen LogP) is 1.82. The van der Waals surface area contributed by atoms with Crippen LogP contribution in [0.4, 0.5) is 0 Å². The largest absolute Gasteiger partial charge is 0.306 e. The molecule has 0 aliphatic rings. The van der Waals surface area contributed by atoms with E-state index < -0.39 is 0 Å². The zero-order chi connectivity index (χ0) is 13.1. The maximum absolute atomic E-state index is 4.38. The fourth-order valence-electron chi connectivity index (χ4n) is 2.25. The highest BCUT2D eigenvalue weighted by atomic mass is 15.2. The van der Waals surface area contributed by atoms with Crippen molar-refractivity contribution in [2.75, 3.05) is 6.54 Å². The molecule has 0 bridgehead atoms. The first-order valence-corrected chi connectivity index (χ1v) is 6.30. The van der Waals surface area contributed by atoms with Crippen LogP contribution in [-0.2, 0) is 0 Å². The molecule has 5 nitrogen and oxygen atoms in total. The summed E-state index contributed by atoms with van der Waals surface area (Å²) in [6.45, 7) is 2.95. The molecule has 3 heterocycles. The summed E-state index contributed by atoms with van der Waals surface area (Å²) < 4.78 is 1.88. The standard InChI is InChI=1S/C14H15N5/c1-2-17-14(11-7-15-10-16-8-11)12-9-18-19-6-4-3-5-13(12)19/h3-10,14,17H,2H2,1H3. The minimum absolute atomic E-state index is 0.0612. The third-order valence-electron chi connectivity index (χ3n) is 3.09. The van der Waals surface area contributed by atoms with Gasteiger partial charge in [-0.05, 0) is 18.7 Å². The first-order valence-electron chi connectivity index (χ1n) is 6.30. The van der Waals surface area contributed by atoms with E-state index in [9.17, 15) is 0 Å². The van der Waals surface area contributed by atoms with E-state index in [-0.39, 0.29) is 6.04 Å². The molecule has 96 valence electrons. The molecule has 0 spiro atoms. The van der Waals surface area contributed by atoms with E-state index >= 15 is 0 Å². The molecule has 3 aromatic rings. The van der Waals surface area contributed by atoms with Gasteiger partial charge in [0.05, 0.1) is 17.8 Å². The second-order valence-electron chi connectivity index (χ2n) is 4.29. The van der Waals surface area contributed by atoms with Crippen molar-refractivity contribution in [3.63, 3.8) is 0 Å². The van der Waals surface area contributed by atoms with Crippen LogP contribution in [0.3, 0.4) is 0 Å². The van der Waals surface area contributed by atoms with E-state index in [1.807, 2.05) is 41.4 Å². The highest BCUT2D eigenvalue weighted by Gasteiger charge is 2.17. The van der Waals surface area contributed by atoms with Gasteiger partial charge in [0, 0.05) is 29.7 Å². The minimum atomic E-state index is 0.0612. The Kier molecular flexibility index (Phi) is 3.20. The number of hydrogen-bond acceptors (Lipinski definition) is 4. The Hall–Kier alpha value is -2.27. The molecule has 3 rings (SSSR count). The molecule has 0 radical (unpaired) electrons. The first kappa shape index (κ1) is 11.8. The van der Waals surface area contributed by atoms with Gasteiger partial charge in [0.1, 0.15) is 6.33 Å². The molecule has 0 aliphatic heterocycles. The molecule has 5 heteroatoms. The lowest BCUT2D eigenvalue weighted by Gasteiger charge is -2.16. The minimum Gasteiger partial charge on any atom is -0.306 e. The van der Waals surface area contributed by atoms with Crippen molar-refractivity contribution in [2.45, 2.75) is 13.0 Å². The van der Waals surface area contributed by atoms with E-state index in [1.54, 1.807) is 6.33 Å². The number of nitrogens with one attached hydrogen (secondary N) is 1. The lowest BCUT2D eigenvalue weighted by Crippen LogP contribution is -2.22. The average Bonchev–Trinajstić information content (AvgIpc) is 2.89. The summed E-state index contributed by atoms with van der Waals surface area (Å²) >= 11 is 0. The Morgan fingerprint density at radius 3 is 2.84 bits per heavy atom. The van der Waals surface area contributed by atoms with E-state index in [2.05, 4.69) is 33.4 Å². The number of nitrogens with zero attached hydrogens (tertiary/aromatic N) is 4. The Morgan fingerprint density at radius 1 is 1.21 bits per heavy atom. The van der Waals surface area contributed by atoms with Gasteiger partial charge in [0.15, 0.2) is 0 Å². The van der Waals surface area contributed by atoms with Crippen LogP contribution >= 0.6 is 0 Å². The normalized spacial score (nSPS) is 12.7. The highest BCUT2D eigenvalue weighted by molar-refractivity contribution is 5.56. The predicted molar refractivity (Wildman–Crippen MR) is 72.7 cm³/mol. The summed E-state index contributed by atoms with van der Waals surface area (Å²) in [4.78, 5) is 8.20. The monoisotopic (exact) mass is 253 g/mol. The smallest absolute Gasteiger partial charge is 0.115 e. The number of hydrogen-bond donors (Lipinski definition) is 1. The van der Waals surface area contributed by atoms with Crippen LogP contribution in [0, 0.1) is 0 Å². The van der Waals surface area contributed by atoms with Crippen LogP contribution in [0.25, 0.3) is 5.52 Å². The fraction of sp³-hybridized carbons (Fsp3) is 0.214. The molecule has 0 amide bonds. The van der Waals surface area contributed by atoms with Crippen molar-refractivity contribution in [2.24, 2.45) is 0 Å². The van der Waals surface area contributed by atoms with E-state index in [4.69, 9.17) is 0 Å². The Bertz CT molecular complexity index is 662. The van der Waals surface area contributed by atoms with E-state index in [1.165, 1.54) is 0 Å². The van der Waals surface area contributed by atoms with Crippen LogP contribution in [0.15, 0.2) is 49.3 Å². The number of aromatic nitrogens is 4. The Morgan fingerprint density at radius 2 is 2.05 bits per heavy atom. The van der Waals surface area contributed by atoms with Crippen molar-refractivity contribution in [1.82, 2.24) is 24.9 Å². The van der Waals surface area contributed by atoms with E-state index in [0.29, 0.717) is 0 Å². The van der Waals surface area contributed by atoms with Gasteiger partial charge in [0.2, 0.25) is 0 Å². The van der Waals surface area contributed by atoms with Gasteiger partial charge in [-0.25, -0.2) is 14.5 Å². The quantitative estimate of drug-likeness (QED) is 0.770. The van der Waals surface area contributed by atoms with Gasteiger partial charge in [0.25, 0.3) is 0 Å². The number of pyridine rings is 1. The molecule has 1 N–H and O–H groups in total. The van der Waals surface area contributed by atoms with Gasteiger partial charge in [-0.2, -0.15) is 5.10 Å². The summed E-state index contributed by atoms with van der Waals surface area (Å²) in [6.07, 6.45) is 9.07. The summed E-state index contributed by atoms with van der Waals surface area (Å²) in [7, 11) is 0. The maximum Gasteiger partial charge on any atom is 0.115 e. The van der Waals surface area contributed by atoms with Gasteiger partial charge in [-0.15, -0.1) is 0 Å². The summed E-state index contributed by atoms with van der Waals surface area (Å²) in [5.74, 6) is 0. The summed E-state index contributed by atoms with van der Waals surface area (Å²) in [5, 5.41) is 7.84. The van der Waals surface area contributed by atoms with Crippen molar-refractivity contribution < 1.29 is 0 Å².